The molecule has 2 heteroatoms. The molecule has 0 amide bonds. The molecule has 1 aromatic carbocycles. The maximum absolute atomic E-state index is 3.80. The summed E-state index contributed by atoms with van der Waals surface area (Å²) in [6, 6.07) is 8.38. The molecule has 0 atom stereocenters. The monoisotopic (exact) mass is 253 g/mol. The van der Waals surface area contributed by atoms with E-state index in [4.69, 9.17) is 0 Å². The van der Waals surface area contributed by atoms with E-state index in [0.29, 0.717) is 5.92 Å². The molecule has 0 aliphatic carbocycles. The highest BCUT2D eigenvalue weighted by atomic mass is 79.9. The van der Waals surface area contributed by atoms with Crippen LogP contribution in [0.1, 0.15) is 25.3 Å². The Bertz CT molecular complexity index is 318. The van der Waals surface area contributed by atoms with Gasteiger partial charge in [0.05, 0.1) is 0 Å². The number of rotatable bonds is 4. The second-order valence-corrected chi connectivity index (χ2v) is 4.73. The van der Waals surface area contributed by atoms with Crippen molar-refractivity contribution in [2.45, 2.75) is 19.8 Å². The highest BCUT2D eigenvalue weighted by Crippen LogP contribution is 2.23. The van der Waals surface area contributed by atoms with E-state index >= 15 is 0 Å². The minimum absolute atomic E-state index is 0.544. The maximum atomic E-state index is 3.80. The van der Waals surface area contributed by atoms with Crippen molar-refractivity contribution in [1.29, 1.82) is 0 Å². The molecular weight excluding hydrogens is 238 g/mol. The van der Waals surface area contributed by atoms with Crippen LogP contribution in [0.25, 0.3) is 0 Å². The maximum Gasteiger partial charge on any atom is 0.0460 e. The third-order valence-electron chi connectivity index (χ3n) is 2.05. The van der Waals surface area contributed by atoms with Crippen molar-refractivity contribution < 1.29 is 0 Å². The average molecular weight is 254 g/mol. The minimum Gasteiger partial charge on any atom is -0.380 e. The molecule has 0 radical (unpaired) electrons. The molecule has 14 heavy (non-hydrogen) atoms. The molecule has 0 saturated carbocycles. The summed E-state index contributed by atoms with van der Waals surface area (Å²) in [5.41, 5.74) is 2.55. The number of nitrogens with one attached hydrogen (secondary N) is 1. The molecule has 1 aromatic rings. The fourth-order valence-electron chi connectivity index (χ4n) is 1.35. The van der Waals surface area contributed by atoms with Gasteiger partial charge in [-0.1, -0.05) is 54.6 Å². The predicted molar refractivity (Wildman–Crippen MR) is 67.1 cm³/mol. The van der Waals surface area contributed by atoms with Crippen molar-refractivity contribution >= 4 is 21.6 Å². The van der Waals surface area contributed by atoms with Crippen LogP contribution in [0.3, 0.4) is 0 Å². The Morgan fingerprint density at radius 3 is 2.64 bits per heavy atom. The van der Waals surface area contributed by atoms with E-state index in [0.717, 1.165) is 11.0 Å². The molecule has 0 aromatic heterocycles. The van der Waals surface area contributed by atoms with Gasteiger partial charge in [-0.05, 0) is 17.5 Å². The molecule has 0 fully saturated rings. The first-order valence-corrected chi connectivity index (χ1v) is 5.56. The molecular formula is C12H16BrN. The number of hydrogen-bond donors (Lipinski definition) is 1. The van der Waals surface area contributed by atoms with Gasteiger partial charge in [0.1, 0.15) is 0 Å². The highest BCUT2D eigenvalue weighted by molar-refractivity contribution is 9.11. The predicted octanol–water partition coefficient (Wildman–Crippen LogP) is 4.13. The second-order valence-electron chi connectivity index (χ2n) is 3.61. The fraction of sp³-hybridized carbons (Fsp3) is 0.333. The first-order chi connectivity index (χ1) is 6.61. The van der Waals surface area contributed by atoms with E-state index in [-0.39, 0.29) is 0 Å². The van der Waals surface area contributed by atoms with Crippen LogP contribution in [0.2, 0.25) is 0 Å². The molecule has 0 aliphatic rings. The van der Waals surface area contributed by atoms with Crippen molar-refractivity contribution in [1.82, 2.24) is 0 Å². The SMILES string of the molecule is C=C(Br)CNc1ccccc1C(C)C. The Labute approximate surface area is 94.3 Å². The summed E-state index contributed by atoms with van der Waals surface area (Å²) in [5, 5.41) is 3.35. The summed E-state index contributed by atoms with van der Waals surface area (Å²) in [6.45, 7) is 8.96. The third-order valence-corrected chi connectivity index (χ3v) is 2.33. The van der Waals surface area contributed by atoms with Gasteiger partial charge >= 0.3 is 0 Å². The van der Waals surface area contributed by atoms with Crippen molar-refractivity contribution in [2.24, 2.45) is 0 Å². The number of hydrogen-bond acceptors (Lipinski definition) is 1. The smallest absolute Gasteiger partial charge is 0.0460 e. The van der Waals surface area contributed by atoms with E-state index in [1.165, 1.54) is 11.3 Å². The molecule has 1 rings (SSSR count). The van der Waals surface area contributed by atoms with Gasteiger partial charge in [0, 0.05) is 16.7 Å². The van der Waals surface area contributed by atoms with Crippen LogP contribution >= 0.6 is 15.9 Å². The van der Waals surface area contributed by atoms with Crippen molar-refractivity contribution in [2.75, 3.05) is 11.9 Å². The Kier molecular flexibility index (Phi) is 4.21. The van der Waals surface area contributed by atoms with E-state index < -0.39 is 0 Å². The summed E-state index contributed by atoms with van der Waals surface area (Å²) in [4.78, 5) is 0. The number of benzene rings is 1. The van der Waals surface area contributed by atoms with Gasteiger partial charge in [0.15, 0.2) is 0 Å². The first kappa shape index (κ1) is 11.3. The molecule has 0 bridgehead atoms. The average Bonchev–Trinajstić information content (AvgIpc) is 2.15. The van der Waals surface area contributed by atoms with Crippen molar-refractivity contribution in [3.63, 3.8) is 0 Å². The normalized spacial score (nSPS) is 10.3. The summed E-state index contributed by atoms with van der Waals surface area (Å²) < 4.78 is 0.969. The molecule has 1 nitrogen and oxygen atoms in total. The van der Waals surface area contributed by atoms with E-state index in [2.05, 4.69) is 59.9 Å². The summed E-state index contributed by atoms with van der Waals surface area (Å²) >= 11 is 3.34. The lowest BCUT2D eigenvalue weighted by Crippen LogP contribution is -2.04. The van der Waals surface area contributed by atoms with Crippen LogP contribution in [0.4, 0.5) is 5.69 Å². The van der Waals surface area contributed by atoms with Crippen LogP contribution in [0, 0.1) is 0 Å². The van der Waals surface area contributed by atoms with E-state index in [1.807, 2.05) is 6.07 Å². The lowest BCUT2D eigenvalue weighted by molar-refractivity contribution is 0.867. The zero-order chi connectivity index (χ0) is 10.6. The topological polar surface area (TPSA) is 12.0 Å². The minimum atomic E-state index is 0.544. The van der Waals surface area contributed by atoms with Crippen LogP contribution in [0.15, 0.2) is 35.3 Å². The number of anilines is 1. The van der Waals surface area contributed by atoms with Gasteiger partial charge in [-0.25, -0.2) is 0 Å². The first-order valence-electron chi connectivity index (χ1n) is 4.77. The molecule has 0 saturated heterocycles. The quantitative estimate of drug-likeness (QED) is 0.851. The molecule has 0 unspecified atom stereocenters. The summed E-state index contributed by atoms with van der Waals surface area (Å²) in [7, 11) is 0. The van der Waals surface area contributed by atoms with Crippen LogP contribution in [0.5, 0.6) is 0 Å². The second kappa shape index (κ2) is 5.20. The van der Waals surface area contributed by atoms with Crippen LogP contribution in [-0.2, 0) is 0 Å². The molecule has 0 spiro atoms. The Balaban J connectivity index is 2.79. The van der Waals surface area contributed by atoms with Gasteiger partial charge in [-0.15, -0.1) is 0 Å². The Hall–Kier alpha value is -0.760. The van der Waals surface area contributed by atoms with Gasteiger partial charge < -0.3 is 5.32 Å². The standard InChI is InChI=1S/C12H16BrN/c1-9(2)11-6-4-5-7-12(11)14-8-10(3)13/h4-7,9,14H,3,8H2,1-2H3. The number of para-hydroxylation sites is 1. The lowest BCUT2D eigenvalue weighted by Gasteiger charge is -2.13. The zero-order valence-electron chi connectivity index (χ0n) is 8.68. The molecule has 76 valence electrons. The lowest BCUT2D eigenvalue weighted by atomic mass is 10.0. The van der Waals surface area contributed by atoms with Gasteiger partial charge in [-0.2, -0.15) is 0 Å². The van der Waals surface area contributed by atoms with Crippen molar-refractivity contribution in [3.8, 4) is 0 Å². The zero-order valence-corrected chi connectivity index (χ0v) is 10.3. The number of halogens is 1. The largest absolute Gasteiger partial charge is 0.380 e. The van der Waals surface area contributed by atoms with Gasteiger partial charge in [0.25, 0.3) is 0 Å². The Morgan fingerprint density at radius 2 is 2.07 bits per heavy atom. The molecule has 0 heterocycles. The van der Waals surface area contributed by atoms with Crippen LogP contribution < -0.4 is 5.32 Å². The molecule has 1 N–H and O–H groups in total. The third kappa shape index (κ3) is 3.18. The summed E-state index contributed by atoms with van der Waals surface area (Å²) in [5.74, 6) is 0.544. The van der Waals surface area contributed by atoms with Gasteiger partial charge in [0.2, 0.25) is 0 Å². The highest BCUT2D eigenvalue weighted by Gasteiger charge is 2.04. The van der Waals surface area contributed by atoms with Gasteiger partial charge in [-0.3, -0.25) is 0 Å². The van der Waals surface area contributed by atoms with Crippen molar-refractivity contribution in [3.05, 3.63) is 40.9 Å². The fourth-order valence-corrected chi connectivity index (χ4v) is 1.49. The van der Waals surface area contributed by atoms with Crippen LogP contribution in [-0.4, -0.2) is 6.54 Å². The molecule has 0 aliphatic heterocycles. The van der Waals surface area contributed by atoms with E-state index in [9.17, 15) is 0 Å². The summed E-state index contributed by atoms with van der Waals surface area (Å²) in [6.07, 6.45) is 0. The Morgan fingerprint density at radius 1 is 1.43 bits per heavy atom. The van der Waals surface area contributed by atoms with E-state index in [1.54, 1.807) is 0 Å².